The highest BCUT2D eigenvalue weighted by molar-refractivity contribution is 9.11. The van der Waals surface area contributed by atoms with E-state index in [0.717, 1.165) is 15.1 Å². The van der Waals surface area contributed by atoms with E-state index in [0.29, 0.717) is 48.4 Å². The van der Waals surface area contributed by atoms with Crippen LogP contribution >= 0.6 is 47.8 Å². The molecule has 3 aromatic carbocycles. The molecular weight excluding hydrogens is 688 g/mol. The first-order chi connectivity index (χ1) is 18.3. The van der Waals surface area contributed by atoms with Gasteiger partial charge in [-0.1, -0.05) is 40.2 Å². The summed E-state index contributed by atoms with van der Waals surface area (Å²) in [5.74, 6) is -1.29. The van der Waals surface area contributed by atoms with Crippen molar-refractivity contribution in [2.75, 3.05) is 0 Å². The number of carbonyl (C=O) groups excluding carboxylic acids is 2. The van der Waals surface area contributed by atoms with Gasteiger partial charge >= 0.3 is 0 Å². The first-order valence-electron chi connectivity index (χ1n) is 11.3. The van der Waals surface area contributed by atoms with Crippen LogP contribution in [0.3, 0.4) is 0 Å². The fourth-order valence-electron chi connectivity index (χ4n) is 4.09. The van der Waals surface area contributed by atoms with Crippen LogP contribution in [0.1, 0.15) is 32.1 Å². The Morgan fingerprint density at radius 1 is 0.684 bits per heavy atom. The molecule has 190 valence electrons. The number of hydrogen-bond acceptors (Lipinski definition) is 4. The minimum Gasteiger partial charge on any atom is -0.269 e. The Labute approximate surface area is 241 Å². The highest BCUT2D eigenvalue weighted by Gasteiger charge is 2.35. The molecule has 0 radical (unpaired) electrons. The van der Waals surface area contributed by atoms with Crippen molar-refractivity contribution in [3.63, 3.8) is 0 Å². The van der Waals surface area contributed by atoms with Crippen molar-refractivity contribution in [2.24, 2.45) is 0 Å². The summed E-state index contributed by atoms with van der Waals surface area (Å²) in [7, 11) is 0. The minimum absolute atomic E-state index is 0.0272. The van der Waals surface area contributed by atoms with Crippen LogP contribution in [-0.2, 0) is 11.9 Å². The smallest absolute Gasteiger partial charge is 0.261 e. The van der Waals surface area contributed by atoms with Gasteiger partial charge in [0, 0.05) is 25.0 Å². The number of alkyl halides is 1. The molecule has 2 amide bonds. The van der Waals surface area contributed by atoms with E-state index in [4.69, 9.17) is 0 Å². The van der Waals surface area contributed by atoms with E-state index in [1.54, 1.807) is 60.7 Å². The van der Waals surface area contributed by atoms with Gasteiger partial charge in [-0.2, -0.15) is 0 Å². The Balaban J connectivity index is 0.000000179. The molecule has 0 bridgehead atoms. The summed E-state index contributed by atoms with van der Waals surface area (Å²) in [5.41, 5.74) is 3.33. The van der Waals surface area contributed by atoms with Crippen LogP contribution in [0.2, 0.25) is 0 Å². The number of amides is 2. The van der Waals surface area contributed by atoms with Gasteiger partial charge in [0.1, 0.15) is 11.6 Å². The molecule has 1 aliphatic rings. The zero-order valence-corrected chi connectivity index (χ0v) is 24.1. The summed E-state index contributed by atoms with van der Waals surface area (Å²) in [6.07, 6.45) is 0. The third kappa shape index (κ3) is 5.00. The predicted molar refractivity (Wildman–Crippen MR) is 152 cm³/mol. The highest BCUT2D eigenvalue weighted by atomic mass is 79.9. The van der Waals surface area contributed by atoms with Crippen LogP contribution in [0, 0.1) is 11.6 Å². The molecule has 5 nitrogen and oxygen atoms in total. The average Bonchev–Trinajstić information content (AvgIpc) is 3.15. The van der Waals surface area contributed by atoms with Gasteiger partial charge < -0.3 is 0 Å². The number of rotatable bonds is 3. The summed E-state index contributed by atoms with van der Waals surface area (Å²) in [6.45, 7) is 0.0272. The molecule has 0 spiro atoms. The maximum atomic E-state index is 13.8. The van der Waals surface area contributed by atoms with Gasteiger partial charge in [0.15, 0.2) is 0 Å². The molecule has 0 N–H and O–H groups in total. The molecule has 1 aliphatic heterocycles. The van der Waals surface area contributed by atoms with Crippen molar-refractivity contribution in [3.8, 4) is 0 Å². The molecule has 6 rings (SSSR count). The molecule has 0 saturated heterocycles. The molecule has 0 aliphatic carbocycles. The Morgan fingerprint density at radius 2 is 1.16 bits per heavy atom. The Bertz CT molecular complexity index is 1710. The van der Waals surface area contributed by atoms with Crippen LogP contribution in [0.15, 0.2) is 81.7 Å². The molecule has 5 aromatic rings. The van der Waals surface area contributed by atoms with Gasteiger partial charge in [0.25, 0.3) is 11.8 Å². The van der Waals surface area contributed by atoms with Crippen molar-refractivity contribution < 1.29 is 18.4 Å². The summed E-state index contributed by atoms with van der Waals surface area (Å²) in [4.78, 5) is 34.8. The minimum atomic E-state index is -0.368. The van der Waals surface area contributed by atoms with E-state index < -0.39 is 0 Å². The molecular formula is C28H16Br3F2N3O2. The largest absolute Gasteiger partial charge is 0.269 e. The maximum Gasteiger partial charge on any atom is 0.261 e. The highest BCUT2D eigenvalue weighted by Crippen LogP contribution is 2.29. The van der Waals surface area contributed by atoms with Gasteiger partial charge in [0.05, 0.1) is 40.1 Å². The number of benzene rings is 3. The van der Waals surface area contributed by atoms with Crippen LogP contribution < -0.4 is 0 Å². The molecule has 38 heavy (non-hydrogen) atoms. The van der Waals surface area contributed by atoms with Crippen molar-refractivity contribution in [3.05, 3.63) is 116 Å². The van der Waals surface area contributed by atoms with Crippen LogP contribution in [0.4, 0.5) is 8.78 Å². The van der Waals surface area contributed by atoms with Gasteiger partial charge in [-0.25, -0.2) is 13.8 Å². The normalized spacial score (nSPS) is 12.6. The molecule has 0 saturated carbocycles. The first kappa shape index (κ1) is 26.5. The summed E-state index contributed by atoms with van der Waals surface area (Å²) < 4.78 is 28.5. The van der Waals surface area contributed by atoms with Gasteiger partial charge in [-0.05, 0) is 80.4 Å². The van der Waals surface area contributed by atoms with E-state index in [1.165, 1.54) is 12.1 Å². The van der Waals surface area contributed by atoms with Gasteiger partial charge in [-0.3, -0.25) is 19.5 Å². The van der Waals surface area contributed by atoms with Crippen molar-refractivity contribution in [2.45, 2.75) is 11.9 Å². The second-order valence-corrected chi connectivity index (χ2v) is 10.6. The number of pyridine rings is 2. The fourth-order valence-corrected chi connectivity index (χ4v) is 5.79. The SMILES string of the molecule is Fc1cccc2nc(CBr)c(Br)cc12.O=C1c2ccccc2C(=O)N1Cc1nc2cccc(F)c2cc1Br. The summed E-state index contributed by atoms with van der Waals surface area (Å²) in [5, 5.41) is 1.58. The Kier molecular flexibility index (Phi) is 7.65. The lowest BCUT2D eigenvalue weighted by Crippen LogP contribution is -2.29. The van der Waals surface area contributed by atoms with E-state index in [9.17, 15) is 18.4 Å². The van der Waals surface area contributed by atoms with Crippen molar-refractivity contribution in [1.82, 2.24) is 14.9 Å². The number of hydrogen-bond donors (Lipinski definition) is 0. The lowest BCUT2D eigenvalue weighted by atomic mass is 10.1. The van der Waals surface area contributed by atoms with E-state index in [-0.39, 0.29) is 30.0 Å². The molecule has 10 heteroatoms. The standard InChI is InChI=1S/C18H10BrFN2O2.C10H6Br2FN/c19-13-8-12-14(20)6-3-7-15(12)21-16(13)9-22-17(23)10-4-1-2-5-11(10)18(22)24;11-5-10-7(12)4-6-8(13)2-1-3-9(6)14-10/h1-8H,9H2;1-4H,5H2. The quantitative estimate of drug-likeness (QED) is 0.141. The fraction of sp³-hybridized carbons (Fsp3) is 0.0714. The Hall–Kier alpha value is -3.08. The third-order valence-corrected chi connectivity index (χ3v) is 7.88. The lowest BCUT2D eigenvalue weighted by molar-refractivity contribution is 0.0640. The van der Waals surface area contributed by atoms with Crippen LogP contribution in [0.5, 0.6) is 0 Å². The number of halogens is 5. The van der Waals surface area contributed by atoms with Gasteiger partial charge in [0.2, 0.25) is 0 Å². The molecule has 0 unspecified atom stereocenters. The number of nitrogens with zero attached hydrogens (tertiary/aromatic N) is 3. The van der Waals surface area contributed by atoms with Crippen LogP contribution in [-0.4, -0.2) is 26.7 Å². The number of imide groups is 1. The van der Waals surface area contributed by atoms with Crippen molar-refractivity contribution >= 4 is 81.4 Å². The predicted octanol–water partition coefficient (Wildman–Crippen LogP) is 7.96. The third-order valence-electron chi connectivity index (χ3n) is 5.98. The van der Waals surface area contributed by atoms with Gasteiger partial charge in [-0.15, -0.1) is 0 Å². The lowest BCUT2D eigenvalue weighted by Gasteiger charge is -2.15. The number of fused-ring (bicyclic) bond motifs is 3. The second kappa shape index (κ2) is 11.0. The van der Waals surface area contributed by atoms with E-state index in [2.05, 4.69) is 57.8 Å². The summed E-state index contributed by atoms with van der Waals surface area (Å²) in [6, 6.07) is 19.6. The number of carbonyl (C=O) groups is 2. The first-order valence-corrected chi connectivity index (χ1v) is 14.0. The maximum absolute atomic E-state index is 13.8. The zero-order chi connectivity index (χ0) is 27.0. The van der Waals surface area contributed by atoms with Crippen molar-refractivity contribution in [1.29, 1.82) is 0 Å². The topological polar surface area (TPSA) is 63.2 Å². The molecule has 3 heterocycles. The molecule has 0 fully saturated rings. The van der Waals surface area contributed by atoms with E-state index >= 15 is 0 Å². The number of aromatic nitrogens is 2. The average molecular weight is 704 g/mol. The second-order valence-electron chi connectivity index (χ2n) is 8.32. The summed E-state index contributed by atoms with van der Waals surface area (Å²) >= 11 is 10.0. The van der Waals surface area contributed by atoms with E-state index in [1.807, 2.05) is 0 Å². The molecule has 2 aromatic heterocycles. The molecule has 0 atom stereocenters. The zero-order valence-electron chi connectivity index (χ0n) is 19.4. The van der Waals surface area contributed by atoms with Crippen LogP contribution in [0.25, 0.3) is 21.8 Å². The Morgan fingerprint density at radius 3 is 1.66 bits per heavy atom. The monoisotopic (exact) mass is 701 g/mol.